The zero-order valence-electron chi connectivity index (χ0n) is 9.82. The van der Waals surface area contributed by atoms with E-state index >= 15 is 0 Å². The molecule has 0 saturated carbocycles. The molecule has 0 aliphatic carbocycles. The average Bonchev–Trinajstić information content (AvgIpc) is 2.81. The van der Waals surface area contributed by atoms with Crippen molar-refractivity contribution >= 4 is 0 Å². The van der Waals surface area contributed by atoms with Gasteiger partial charge in [-0.25, -0.2) is 8.78 Å². The Bertz CT molecular complexity index is 540. The van der Waals surface area contributed by atoms with Crippen LogP contribution in [0.4, 0.5) is 8.78 Å². The molecule has 5 heteroatoms. The Morgan fingerprint density at radius 1 is 1.22 bits per heavy atom. The summed E-state index contributed by atoms with van der Waals surface area (Å²) in [5.41, 5.74) is 6.37. The van der Waals surface area contributed by atoms with E-state index in [9.17, 15) is 8.78 Å². The number of furan rings is 1. The van der Waals surface area contributed by atoms with Crippen LogP contribution in [0.2, 0.25) is 0 Å². The molecular weight excluding hydrogens is 240 g/mol. The van der Waals surface area contributed by atoms with E-state index in [0.29, 0.717) is 23.7 Å². The fourth-order valence-electron chi connectivity index (χ4n) is 1.65. The Balaban J connectivity index is 2.23. The first-order valence-corrected chi connectivity index (χ1v) is 5.40. The van der Waals surface area contributed by atoms with Crippen molar-refractivity contribution in [3.63, 3.8) is 0 Å². The summed E-state index contributed by atoms with van der Waals surface area (Å²) in [5.74, 6) is -0.712. The van der Waals surface area contributed by atoms with Gasteiger partial charge in [-0.05, 0) is 29.8 Å². The lowest BCUT2D eigenvalue weighted by Gasteiger charge is -2.09. The van der Waals surface area contributed by atoms with Crippen molar-refractivity contribution in [1.82, 2.24) is 0 Å². The lowest BCUT2D eigenvalue weighted by atomic mass is 10.1. The maximum Gasteiger partial charge on any atom is 0.159 e. The van der Waals surface area contributed by atoms with Gasteiger partial charge < -0.3 is 14.9 Å². The van der Waals surface area contributed by atoms with Crippen molar-refractivity contribution in [2.45, 2.75) is 12.6 Å². The zero-order valence-corrected chi connectivity index (χ0v) is 9.82. The molecule has 1 atom stereocenters. The molecule has 0 amide bonds. The number of benzene rings is 1. The van der Waals surface area contributed by atoms with Crippen LogP contribution in [0.25, 0.3) is 0 Å². The van der Waals surface area contributed by atoms with E-state index in [1.54, 1.807) is 19.2 Å². The highest BCUT2D eigenvalue weighted by atomic mass is 19.2. The van der Waals surface area contributed by atoms with E-state index < -0.39 is 17.7 Å². The van der Waals surface area contributed by atoms with E-state index in [1.165, 1.54) is 6.07 Å². The van der Waals surface area contributed by atoms with E-state index in [1.807, 2.05) is 0 Å². The lowest BCUT2D eigenvalue weighted by molar-refractivity contribution is 0.162. The van der Waals surface area contributed by atoms with Crippen molar-refractivity contribution in [3.8, 4) is 0 Å². The third kappa shape index (κ3) is 2.57. The highest BCUT2D eigenvalue weighted by molar-refractivity contribution is 5.27. The number of methoxy groups -OCH3 is 1. The van der Waals surface area contributed by atoms with Crippen LogP contribution in [0.1, 0.15) is 23.1 Å². The van der Waals surface area contributed by atoms with Crippen molar-refractivity contribution in [2.75, 3.05) is 7.11 Å². The van der Waals surface area contributed by atoms with Gasteiger partial charge in [0.25, 0.3) is 0 Å². The summed E-state index contributed by atoms with van der Waals surface area (Å²) in [7, 11) is 1.55. The summed E-state index contributed by atoms with van der Waals surface area (Å²) in [6, 6.07) is 6.34. The molecule has 0 fully saturated rings. The standard InChI is InChI=1S/C13H13F2NO2/c1-17-7-9-3-5-12(18-9)13(16)8-2-4-10(14)11(15)6-8/h2-6,13H,7,16H2,1H3. The van der Waals surface area contributed by atoms with Crippen LogP contribution < -0.4 is 5.73 Å². The summed E-state index contributed by atoms with van der Waals surface area (Å²) < 4.78 is 36.3. The minimum atomic E-state index is -0.924. The van der Waals surface area contributed by atoms with Crippen molar-refractivity contribution in [2.24, 2.45) is 5.73 Å². The molecule has 0 spiro atoms. The van der Waals surface area contributed by atoms with Crippen molar-refractivity contribution in [1.29, 1.82) is 0 Å². The SMILES string of the molecule is COCc1ccc(C(N)c2ccc(F)c(F)c2)o1. The molecule has 0 aliphatic heterocycles. The van der Waals surface area contributed by atoms with Crippen LogP contribution in [0.15, 0.2) is 34.7 Å². The van der Waals surface area contributed by atoms with Gasteiger partial charge in [0.1, 0.15) is 18.1 Å². The maximum atomic E-state index is 13.1. The van der Waals surface area contributed by atoms with E-state index in [0.717, 1.165) is 12.1 Å². The van der Waals surface area contributed by atoms with Crippen LogP contribution in [0.3, 0.4) is 0 Å². The smallest absolute Gasteiger partial charge is 0.159 e. The van der Waals surface area contributed by atoms with E-state index in [2.05, 4.69) is 0 Å². The molecule has 1 aromatic heterocycles. The van der Waals surface area contributed by atoms with Crippen molar-refractivity contribution in [3.05, 3.63) is 59.1 Å². The minimum absolute atomic E-state index is 0.338. The molecule has 3 nitrogen and oxygen atoms in total. The predicted molar refractivity (Wildman–Crippen MR) is 61.8 cm³/mol. The topological polar surface area (TPSA) is 48.4 Å². The van der Waals surface area contributed by atoms with Crippen LogP contribution in [0, 0.1) is 11.6 Å². The summed E-state index contributed by atoms with van der Waals surface area (Å²) >= 11 is 0. The van der Waals surface area contributed by atoms with Gasteiger partial charge in [-0.15, -0.1) is 0 Å². The molecular formula is C13H13F2NO2. The second kappa shape index (κ2) is 5.29. The maximum absolute atomic E-state index is 13.1. The van der Waals surface area contributed by atoms with Gasteiger partial charge in [0, 0.05) is 7.11 Å². The highest BCUT2D eigenvalue weighted by Gasteiger charge is 2.15. The molecule has 0 bridgehead atoms. The fraction of sp³-hybridized carbons (Fsp3) is 0.231. The first kappa shape index (κ1) is 12.7. The third-order valence-corrected chi connectivity index (χ3v) is 2.58. The van der Waals surface area contributed by atoms with Crippen LogP contribution in [-0.2, 0) is 11.3 Å². The zero-order chi connectivity index (χ0) is 13.1. The first-order chi connectivity index (χ1) is 8.61. The van der Waals surface area contributed by atoms with Crippen LogP contribution >= 0.6 is 0 Å². The molecule has 1 unspecified atom stereocenters. The lowest BCUT2D eigenvalue weighted by Crippen LogP contribution is -2.11. The summed E-state index contributed by atoms with van der Waals surface area (Å²) in [6.07, 6.45) is 0. The summed E-state index contributed by atoms with van der Waals surface area (Å²) in [4.78, 5) is 0. The Hall–Kier alpha value is -1.72. The number of ether oxygens (including phenoxy) is 1. The Morgan fingerprint density at radius 2 is 2.00 bits per heavy atom. The number of hydrogen-bond acceptors (Lipinski definition) is 3. The number of rotatable bonds is 4. The highest BCUT2D eigenvalue weighted by Crippen LogP contribution is 2.23. The summed E-state index contributed by atoms with van der Waals surface area (Å²) in [6.45, 7) is 0.338. The quantitative estimate of drug-likeness (QED) is 0.911. The Labute approximate surface area is 103 Å². The molecule has 2 aromatic rings. The van der Waals surface area contributed by atoms with Gasteiger partial charge in [-0.1, -0.05) is 6.07 Å². The summed E-state index contributed by atoms with van der Waals surface area (Å²) in [5, 5.41) is 0. The van der Waals surface area contributed by atoms with Gasteiger partial charge in [-0.3, -0.25) is 0 Å². The fourth-order valence-corrected chi connectivity index (χ4v) is 1.65. The van der Waals surface area contributed by atoms with Crippen LogP contribution in [-0.4, -0.2) is 7.11 Å². The second-order valence-corrected chi connectivity index (χ2v) is 3.89. The van der Waals surface area contributed by atoms with Gasteiger partial charge in [0.05, 0.1) is 6.04 Å². The molecule has 0 saturated heterocycles. The van der Waals surface area contributed by atoms with E-state index in [4.69, 9.17) is 14.9 Å². The molecule has 0 radical (unpaired) electrons. The minimum Gasteiger partial charge on any atom is -0.462 e. The molecule has 0 aliphatic rings. The Kier molecular flexibility index (Phi) is 3.74. The van der Waals surface area contributed by atoms with Gasteiger partial charge in [0.2, 0.25) is 0 Å². The van der Waals surface area contributed by atoms with E-state index in [-0.39, 0.29) is 0 Å². The second-order valence-electron chi connectivity index (χ2n) is 3.89. The van der Waals surface area contributed by atoms with Gasteiger partial charge in [-0.2, -0.15) is 0 Å². The predicted octanol–water partition coefficient (Wildman–Crippen LogP) is 2.75. The number of nitrogens with two attached hydrogens (primary N) is 1. The van der Waals surface area contributed by atoms with Gasteiger partial charge >= 0.3 is 0 Å². The normalized spacial score (nSPS) is 12.7. The van der Waals surface area contributed by atoms with Crippen LogP contribution in [0.5, 0.6) is 0 Å². The first-order valence-electron chi connectivity index (χ1n) is 5.40. The number of hydrogen-bond donors (Lipinski definition) is 1. The monoisotopic (exact) mass is 253 g/mol. The van der Waals surface area contributed by atoms with Gasteiger partial charge in [0.15, 0.2) is 11.6 Å². The third-order valence-electron chi connectivity index (χ3n) is 2.58. The number of halogens is 2. The van der Waals surface area contributed by atoms with Crippen molar-refractivity contribution < 1.29 is 17.9 Å². The molecule has 96 valence electrons. The average molecular weight is 253 g/mol. The molecule has 18 heavy (non-hydrogen) atoms. The molecule has 1 aromatic carbocycles. The molecule has 1 heterocycles. The largest absolute Gasteiger partial charge is 0.462 e. The Morgan fingerprint density at radius 3 is 2.67 bits per heavy atom. The molecule has 2 N–H and O–H groups in total. The molecule has 2 rings (SSSR count).